The lowest BCUT2D eigenvalue weighted by Gasteiger charge is -2.36. The van der Waals surface area contributed by atoms with E-state index in [2.05, 4.69) is 29.9 Å². The zero-order valence-corrected chi connectivity index (χ0v) is 22.4. The third-order valence-corrected chi connectivity index (χ3v) is 7.48. The van der Waals surface area contributed by atoms with Crippen LogP contribution in [-0.2, 0) is 6.54 Å². The number of fused-ring (bicyclic) bond motifs is 3. The Morgan fingerprint density at radius 2 is 1.83 bits per heavy atom. The van der Waals surface area contributed by atoms with Crippen LogP contribution in [0.5, 0.6) is 0 Å². The Morgan fingerprint density at radius 3 is 2.57 bits per heavy atom. The molecule has 1 aliphatic rings. The molecule has 1 aromatic carbocycles. The molecule has 4 N–H and O–H groups in total. The highest BCUT2D eigenvalue weighted by Gasteiger charge is 2.24. The van der Waals surface area contributed by atoms with Crippen LogP contribution in [0, 0.1) is 5.82 Å². The number of nitrogen functional groups attached to an aromatic ring is 1. The van der Waals surface area contributed by atoms with Gasteiger partial charge in [0.25, 0.3) is 5.91 Å². The van der Waals surface area contributed by atoms with Crippen molar-refractivity contribution in [1.29, 1.82) is 0 Å². The van der Waals surface area contributed by atoms with Crippen LogP contribution in [0.1, 0.15) is 10.5 Å². The average molecular weight is 568 g/mol. The fourth-order valence-electron chi connectivity index (χ4n) is 5.37. The first kappa shape index (κ1) is 25.6. The summed E-state index contributed by atoms with van der Waals surface area (Å²) in [4.78, 5) is 34.4. The molecule has 1 aliphatic heterocycles. The second-order valence-electron chi connectivity index (χ2n) is 9.97. The number of carbonyl (C=O) groups is 1. The van der Waals surface area contributed by atoms with Gasteiger partial charge in [0.15, 0.2) is 5.65 Å². The van der Waals surface area contributed by atoms with Crippen LogP contribution in [0.25, 0.3) is 39.7 Å². The predicted octanol–water partition coefficient (Wildman–Crippen LogP) is 2.44. The summed E-state index contributed by atoms with van der Waals surface area (Å²) in [6.07, 6.45) is 4.71. The molecule has 6 aromatic rings. The summed E-state index contributed by atoms with van der Waals surface area (Å²) >= 11 is 0. The number of hydrogen-bond donors (Lipinski definition) is 2. The standard InChI is InChI=1S/C28H26FN11O2/c29-19-5-4-17(27-33-7-14-42-27)15-21(19)38-11-8-37(9-12-38)10-13-39-22(23(30)41)16-18-25(39)35-28(31)40-26(18)34-24(36-40)20-3-1-2-6-32-20/h1-7,14-16H,8-13H2,(H2,30,41)(H2,31,35). The molecule has 1 amide bonds. The third-order valence-electron chi connectivity index (χ3n) is 7.48. The predicted molar refractivity (Wildman–Crippen MR) is 153 cm³/mol. The van der Waals surface area contributed by atoms with Crippen molar-refractivity contribution in [3.63, 3.8) is 0 Å². The largest absolute Gasteiger partial charge is 0.445 e. The van der Waals surface area contributed by atoms with Crippen LogP contribution < -0.4 is 16.4 Å². The Labute approximate surface area is 238 Å². The van der Waals surface area contributed by atoms with Crippen molar-refractivity contribution in [2.75, 3.05) is 43.4 Å². The van der Waals surface area contributed by atoms with E-state index in [0.29, 0.717) is 84.7 Å². The van der Waals surface area contributed by atoms with E-state index in [1.165, 1.54) is 16.8 Å². The van der Waals surface area contributed by atoms with E-state index in [0.717, 1.165) is 5.56 Å². The van der Waals surface area contributed by atoms with Crippen LogP contribution in [-0.4, -0.2) is 77.6 Å². The van der Waals surface area contributed by atoms with Gasteiger partial charge in [0.1, 0.15) is 29.1 Å². The number of rotatable bonds is 7. The van der Waals surface area contributed by atoms with E-state index in [4.69, 9.17) is 15.9 Å². The Bertz CT molecular complexity index is 1910. The van der Waals surface area contributed by atoms with Gasteiger partial charge in [0.05, 0.1) is 17.3 Å². The number of nitrogens with two attached hydrogens (primary N) is 2. The van der Waals surface area contributed by atoms with Gasteiger partial charge in [-0.2, -0.15) is 9.50 Å². The highest BCUT2D eigenvalue weighted by Crippen LogP contribution is 2.28. The van der Waals surface area contributed by atoms with Crippen molar-refractivity contribution in [3.8, 4) is 23.0 Å². The van der Waals surface area contributed by atoms with E-state index in [1.807, 2.05) is 17.0 Å². The molecule has 6 heterocycles. The van der Waals surface area contributed by atoms with E-state index >= 15 is 0 Å². The summed E-state index contributed by atoms with van der Waals surface area (Å²) < 4.78 is 23.3. The Balaban J connectivity index is 1.11. The highest BCUT2D eigenvalue weighted by atomic mass is 19.1. The molecule has 212 valence electrons. The van der Waals surface area contributed by atoms with Gasteiger partial charge in [0, 0.05) is 51.0 Å². The lowest BCUT2D eigenvalue weighted by atomic mass is 10.1. The molecular weight excluding hydrogens is 541 g/mol. The van der Waals surface area contributed by atoms with Gasteiger partial charge in [-0.1, -0.05) is 6.07 Å². The molecule has 14 heteroatoms. The van der Waals surface area contributed by atoms with Crippen molar-refractivity contribution in [1.82, 2.24) is 39.0 Å². The van der Waals surface area contributed by atoms with Gasteiger partial charge in [-0.05, 0) is 36.4 Å². The first-order valence-electron chi connectivity index (χ1n) is 13.4. The average Bonchev–Trinajstić information content (AvgIpc) is 3.77. The van der Waals surface area contributed by atoms with Gasteiger partial charge in [0.2, 0.25) is 17.7 Å². The first-order chi connectivity index (χ1) is 20.5. The minimum atomic E-state index is -0.583. The molecule has 0 saturated carbocycles. The molecule has 1 fully saturated rings. The van der Waals surface area contributed by atoms with Crippen molar-refractivity contribution in [2.24, 2.45) is 5.73 Å². The van der Waals surface area contributed by atoms with Crippen molar-refractivity contribution in [2.45, 2.75) is 6.54 Å². The smallest absolute Gasteiger partial charge is 0.265 e. The van der Waals surface area contributed by atoms with Gasteiger partial charge in [-0.25, -0.2) is 14.4 Å². The van der Waals surface area contributed by atoms with Crippen LogP contribution in [0.2, 0.25) is 0 Å². The zero-order valence-electron chi connectivity index (χ0n) is 22.4. The van der Waals surface area contributed by atoms with E-state index in [1.54, 1.807) is 41.2 Å². The number of primary amides is 1. The summed E-state index contributed by atoms with van der Waals surface area (Å²) in [5.41, 5.74) is 15.1. The molecule has 5 aromatic heterocycles. The number of halogens is 1. The number of carbonyl (C=O) groups excluding carboxylic acids is 1. The fraction of sp³-hybridized carbons (Fsp3) is 0.214. The fourth-order valence-corrected chi connectivity index (χ4v) is 5.37. The topological polar surface area (TPSA) is 163 Å². The molecular formula is C28H26FN11O2. The molecule has 13 nitrogen and oxygen atoms in total. The highest BCUT2D eigenvalue weighted by molar-refractivity contribution is 6.01. The van der Waals surface area contributed by atoms with E-state index < -0.39 is 5.91 Å². The van der Waals surface area contributed by atoms with Crippen LogP contribution >= 0.6 is 0 Å². The van der Waals surface area contributed by atoms with E-state index in [-0.39, 0.29) is 11.8 Å². The summed E-state index contributed by atoms with van der Waals surface area (Å²) in [7, 11) is 0. The number of oxazole rings is 1. The van der Waals surface area contributed by atoms with Crippen molar-refractivity contribution < 1.29 is 13.6 Å². The number of amides is 1. The molecule has 0 unspecified atom stereocenters. The lowest BCUT2D eigenvalue weighted by molar-refractivity contribution is 0.0991. The maximum Gasteiger partial charge on any atom is 0.265 e. The maximum absolute atomic E-state index is 14.8. The SMILES string of the molecule is NC(=O)c1cc2c(nc(N)n3nc(-c4ccccn4)nc23)n1CCN1CCN(c2cc(-c3ncco3)ccc2F)CC1. The van der Waals surface area contributed by atoms with Crippen molar-refractivity contribution >= 4 is 34.2 Å². The monoisotopic (exact) mass is 567 g/mol. The van der Waals surface area contributed by atoms with Crippen LogP contribution in [0.3, 0.4) is 0 Å². The Kier molecular flexibility index (Phi) is 6.23. The number of aromatic nitrogens is 7. The summed E-state index contributed by atoms with van der Waals surface area (Å²) in [5.74, 6) is 0.0962. The number of pyridine rings is 1. The number of piperazine rings is 1. The normalized spacial score (nSPS) is 14.3. The molecule has 0 radical (unpaired) electrons. The summed E-state index contributed by atoms with van der Waals surface area (Å²) in [6, 6.07) is 12.0. The Hall–Kier alpha value is -5.37. The molecule has 0 atom stereocenters. The van der Waals surface area contributed by atoms with Crippen molar-refractivity contribution in [3.05, 3.63) is 72.6 Å². The third kappa shape index (κ3) is 4.47. The zero-order chi connectivity index (χ0) is 28.8. The molecule has 0 aliphatic carbocycles. The molecule has 1 saturated heterocycles. The molecule has 0 bridgehead atoms. The summed E-state index contributed by atoms with van der Waals surface area (Å²) in [6.45, 7) is 3.72. The van der Waals surface area contributed by atoms with Gasteiger partial charge >= 0.3 is 0 Å². The number of benzene rings is 1. The first-order valence-corrected chi connectivity index (χ1v) is 13.4. The van der Waals surface area contributed by atoms with Gasteiger partial charge < -0.3 is 25.4 Å². The molecule has 0 spiro atoms. The van der Waals surface area contributed by atoms with Crippen LogP contribution in [0.4, 0.5) is 16.0 Å². The number of anilines is 2. The minimum absolute atomic E-state index is 0.130. The maximum atomic E-state index is 14.8. The quantitative estimate of drug-likeness (QED) is 0.293. The molecule has 7 rings (SSSR count). The number of hydrogen-bond acceptors (Lipinski definition) is 10. The second-order valence-corrected chi connectivity index (χ2v) is 9.97. The Morgan fingerprint density at radius 1 is 0.976 bits per heavy atom. The summed E-state index contributed by atoms with van der Waals surface area (Å²) in [5, 5.41) is 5.09. The van der Waals surface area contributed by atoms with E-state index in [9.17, 15) is 9.18 Å². The molecule has 42 heavy (non-hydrogen) atoms. The second kappa shape index (κ2) is 10.2. The minimum Gasteiger partial charge on any atom is -0.445 e. The van der Waals surface area contributed by atoms with Crippen LogP contribution in [0.15, 0.2) is 65.5 Å². The lowest BCUT2D eigenvalue weighted by Crippen LogP contribution is -2.47. The number of nitrogens with zero attached hydrogens (tertiary/aromatic N) is 9. The van der Waals surface area contributed by atoms with Gasteiger partial charge in [-0.15, -0.1) is 5.10 Å². The van der Waals surface area contributed by atoms with Gasteiger partial charge in [-0.3, -0.25) is 14.7 Å².